The van der Waals surface area contributed by atoms with E-state index in [4.69, 9.17) is 0 Å². The first-order chi connectivity index (χ1) is 7.74. The highest BCUT2D eigenvalue weighted by Gasteiger charge is 2.27. The largest absolute Gasteiger partial charge is 0.342 e. The molecule has 16 heavy (non-hydrogen) atoms. The van der Waals surface area contributed by atoms with Crippen molar-refractivity contribution in [3.05, 3.63) is 47.9 Å². The molecule has 0 aromatic heterocycles. The average molecular weight is 215 g/mol. The Labute approximate surface area is 98.8 Å². The second-order valence-electron chi connectivity index (χ2n) is 4.65. The highest BCUT2D eigenvalue weighted by molar-refractivity contribution is 5.37. The first kappa shape index (κ1) is 11.3. The number of hydrogen-bond acceptors (Lipinski definition) is 1. The van der Waals surface area contributed by atoms with Crippen molar-refractivity contribution in [2.24, 2.45) is 0 Å². The molecule has 1 heterocycles. The molecule has 0 aromatic rings. The summed E-state index contributed by atoms with van der Waals surface area (Å²) in [7, 11) is 0. The predicted octanol–water partition coefficient (Wildman–Crippen LogP) is 4.16. The summed E-state index contributed by atoms with van der Waals surface area (Å²) in [5.41, 5.74) is 4.06. The van der Waals surface area contributed by atoms with E-state index >= 15 is 0 Å². The van der Waals surface area contributed by atoms with Crippen molar-refractivity contribution >= 4 is 0 Å². The van der Waals surface area contributed by atoms with Crippen molar-refractivity contribution in [3.8, 4) is 0 Å². The van der Waals surface area contributed by atoms with Crippen LogP contribution in [0.3, 0.4) is 0 Å². The maximum Gasteiger partial charge on any atom is 0.0515 e. The third kappa shape index (κ3) is 1.99. The van der Waals surface area contributed by atoms with Gasteiger partial charge in [-0.05, 0) is 38.7 Å². The van der Waals surface area contributed by atoms with E-state index in [0.29, 0.717) is 6.04 Å². The van der Waals surface area contributed by atoms with Crippen molar-refractivity contribution in [1.29, 1.82) is 0 Å². The fourth-order valence-corrected chi connectivity index (χ4v) is 2.70. The van der Waals surface area contributed by atoms with Gasteiger partial charge in [0.1, 0.15) is 0 Å². The Hall–Kier alpha value is -1.24. The van der Waals surface area contributed by atoms with Gasteiger partial charge >= 0.3 is 0 Å². The normalized spacial score (nSPS) is 26.2. The van der Waals surface area contributed by atoms with E-state index in [9.17, 15) is 0 Å². The fourth-order valence-electron chi connectivity index (χ4n) is 2.70. The van der Waals surface area contributed by atoms with Crippen molar-refractivity contribution in [2.75, 3.05) is 0 Å². The second kappa shape index (κ2) is 4.73. The molecule has 0 spiro atoms. The Morgan fingerprint density at radius 2 is 2.31 bits per heavy atom. The molecular weight excluding hydrogens is 194 g/mol. The number of hydrogen-bond donors (Lipinski definition) is 0. The average Bonchev–Trinajstić information content (AvgIpc) is 2.56. The monoisotopic (exact) mass is 215 g/mol. The molecule has 0 saturated carbocycles. The molecule has 1 aliphatic heterocycles. The molecule has 2 rings (SSSR count). The molecule has 1 heteroatoms. The van der Waals surface area contributed by atoms with E-state index < -0.39 is 0 Å². The highest BCUT2D eigenvalue weighted by atomic mass is 15.2. The van der Waals surface area contributed by atoms with Crippen LogP contribution in [0.15, 0.2) is 47.9 Å². The molecule has 1 aliphatic carbocycles. The van der Waals surface area contributed by atoms with Crippen LogP contribution in [-0.2, 0) is 0 Å². The van der Waals surface area contributed by atoms with Gasteiger partial charge in [0, 0.05) is 17.8 Å². The van der Waals surface area contributed by atoms with Gasteiger partial charge in [-0.15, -0.1) is 0 Å². The molecule has 0 aromatic carbocycles. The summed E-state index contributed by atoms with van der Waals surface area (Å²) in [6.07, 6.45) is 13.8. The number of rotatable bonds is 2. The lowest BCUT2D eigenvalue weighted by Crippen LogP contribution is -2.29. The standard InChI is InChI=1S/C15H21N/c1-4-8-14-11-12(2)16(13(14)3)15-9-6-5-7-10-15/h4,6,8-9,15H,2,5,7,10-11H2,1,3H3/b8-4-. The van der Waals surface area contributed by atoms with Crippen LogP contribution in [0.2, 0.25) is 0 Å². The first-order valence-corrected chi connectivity index (χ1v) is 6.20. The van der Waals surface area contributed by atoms with Crippen LogP contribution in [0.5, 0.6) is 0 Å². The number of nitrogens with zero attached hydrogens (tertiary/aromatic N) is 1. The molecule has 1 nitrogen and oxygen atoms in total. The van der Waals surface area contributed by atoms with Crippen molar-refractivity contribution < 1.29 is 0 Å². The second-order valence-corrected chi connectivity index (χ2v) is 4.65. The van der Waals surface area contributed by atoms with Crippen LogP contribution >= 0.6 is 0 Å². The van der Waals surface area contributed by atoms with Gasteiger partial charge in [0.2, 0.25) is 0 Å². The van der Waals surface area contributed by atoms with Crippen molar-refractivity contribution in [1.82, 2.24) is 4.90 Å². The van der Waals surface area contributed by atoms with Gasteiger partial charge < -0.3 is 4.90 Å². The summed E-state index contributed by atoms with van der Waals surface area (Å²) in [6.45, 7) is 8.50. The highest BCUT2D eigenvalue weighted by Crippen LogP contribution is 2.35. The van der Waals surface area contributed by atoms with Crippen LogP contribution in [0.4, 0.5) is 0 Å². The van der Waals surface area contributed by atoms with E-state index in [1.165, 1.54) is 36.2 Å². The summed E-state index contributed by atoms with van der Waals surface area (Å²) >= 11 is 0. The van der Waals surface area contributed by atoms with Gasteiger partial charge in [-0.25, -0.2) is 0 Å². The maximum atomic E-state index is 4.21. The summed E-state index contributed by atoms with van der Waals surface area (Å²) in [6, 6.07) is 0.545. The Bertz CT molecular complexity index is 371. The molecule has 1 unspecified atom stereocenters. The van der Waals surface area contributed by atoms with Gasteiger partial charge in [-0.1, -0.05) is 30.9 Å². The van der Waals surface area contributed by atoms with Crippen LogP contribution < -0.4 is 0 Å². The SMILES string of the molecule is C=C1CC(/C=C\C)=C(C)N1C1C=CCCC1. The van der Waals surface area contributed by atoms with Gasteiger partial charge in [0.05, 0.1) is 6.04 Å². The minimum atomic E-state index is 0.545. The van der Waals surface area contributed by atoms with Gasteiger partial charge in [-0.3, -0.25) is 0 Å². The summed E-state index contributed by atoms with van der Waals surface area (Å²) in [4.78, 5) is 2.42. The Morgan fingerprint density at radius 3 is 2.94 bits per heavy atom. The Kier molecular flexibility index (Phi) is 3.33. The lowest BCUT2D eigenvalue weighted by molar-refractivity contribution is 0.345. The smallest absolute Gasteiger partial charge is 0.0515 e. The van der Waals surface area contributed by atoms with E-state index in [1.807, 2.05) is 0 Å². The molecular formula is C15H21N. The predicted molar refractivity (Wildman–Crippen MR) is 69.9 cm³/mol. The molecule has 0 amide bonds. The third-order valence-electron chi connectivity index (χ3n) is 3.49. The van der Waals surface area contributed by atoms with Crippen molar-refractivity contribution in [2.45, 2.75) is 45.6 Å². The Morgan fingerprint density at radius 1 is 1.50 bits per heavy atom. The topological polar surface area (TPSA) is 3.24 Å². The molecule has 0 fully saturated rings. The van der Waals surface area contributed by atoms with E-state index in [1.54, 1.807) is 0 Å². The zero-order chi connectivity index (χ0) is 11.5. The van der Waals surface area contributed by atoms with E-state index in [2.05, 4.69) is 49.6 Å². The lowest BCUT2D eigenvalue weighted by atomic mass is 10.0. The van der Waals surface area contributed by atoms with Crippen LogP contribution in [-0.4, -0.2) is 10.9 Å². The fraction of sp³-hybridized carbons (Fsp3) is 0.467. The molecule has 0 N–H and O–H groups in total. The third-order valence-corrected chi connectivity index (χ3v) is 3.49. The molecule has 2 aliphatic rings. The maximum absolute atomic E-state index is 4.21. The van der Waals surface area contributed by atoms with E-state index in [0.717, 1.165) is 6.42 Å². The molecule has 1 atom stereocenters. The molecule has 0 radical (unpaired) electrons. The zero-order valence-electron chi connectivity index (χ0n) is 10.4. The lowest BCUT2D eigenvalue weighted by Gasteiger charge is -2.31. The van der Waals surface area contributed by atoms with Gasteiger partial charge in [0.15, 0.2) is 0 Å². The Balaban J connectivity index is 2.23. The molecule has 0 bridgehead atoms. The quantitative estimate of drug-likeness (QED) is 0.625. The zero-order valence-corrected chi connectivity index (χ0v) is 10.4. The van der Waals surface area contributed by atoms with Crippen LogP contribution in [0.1, 0.15) is 39.5 Å². The van der Waals surface area contributed by atoms with Crippen LogP contribution in [0.25, 0.3) is 0 Å². The van der Waals surface area contributed by atoms with Gasteiger partial charge in [-0.2, -0.15) is 0 Å². The number of allylic oxidation sites excluding steroid dienone is 5. The minimum Gasteiger partial charge on any atom is -0.342 e. The van der Waals surface area contributed by atoms with Crippen molar-refractivity contribution in [3.63, 3.8) is 0 Å². The first-order valence-electron chi connectivity index (χ1n) is 6.20. The summed E-state index contributed by atoms with van der Waals surface area (Å²) < 4.78 is 0. The summed E-state index contributed by atoms with van der Waals surface area (Å²) in [5, 5.41) is 0. The molecule has 86 valence electrons. The minimum absolute atomic E-state index is 0.545. The van der Waals surface area contributed by atoms with E-state index in [-0.39, 0.29) is 0 Å². The summed E-state index contributed by atoms with van der Waals surface area (Å²) in [5.74, 6) is 0. The van der Waals surface area contributed by atoms with Gasteiger partial charge in [0.25, 0.3) is 0 Å². The van der Waals surface area contributed by atoms with Crippen LogP contribution in [0, 0.1) is 0 Å². The molecule has 0 saturated heterocycles.